The molecule has 0 heterocycles. The zero-order chi connectivity index (χ0) is 15.4. The van der Waals surface area contributed by atoms with Crippen molar-refractivity contribution in [1.29, 1.82) is 10.5 Å². The molecule has 0 fully saturated rings. The predicted molar refractivity (Wildman–Crippen MR) is 78.4 cm³/mol. The first kappa shape index (κ1) is 14.3. The summed E-state index contributed by atoms with van der Waals surface area (Å²) in [5.41, 5.74) is 8.88. The van der Waals surface area contributed by atoms with Crippen molar-refractivity contribution in [2.24, 2.45) is 5.73 Å². The van der Waals surface area contributed by atoms with E-state index in [0.29, 0.717) is 12.0 Å². The molecule has 0 saturated heterocycles. The van der Waals surface area contributed by atoms with Crippen LogP contribution in [0, 0.1) is 29.6 Å². The summed E-state index contributed by atoms with van der Waals surface area (Å²) in [5.74, 6) is -0.598. The van der Waals surface area contributed by atoms with Gasteiger partial charge in [0.15, 0.2) is 0 Å². The molecule has 1 amide bonds. The monoisotopic (exact) mass is 275 g/mol. The van der Waals surface area contributed by atoms with Crippen LogP contribution < -0.4 is 5.73 Å². The lowest BCUT2D eigenvalue weighted by Crippen LogP contribution is -2.15. The Morgan fingerprint density at radius 3 is 2.38 bits per heavy atom. The molecule has 0 aliphatic carbocycles. The van der Waals surface area contributed by atoms with Crippen LogP contribution >= 0.6 is 0 Å². The van der Waals surface area contributed by atoms with E-state index in [1.165, 1.54) is 6.07 Å². The Morgan fingerprint density at radius 1 is 1.14 bits per heavy atom. The summed E-state index contributed by atoms with van der Waals surface area (Å²) >= 11 is 0. The first-order chi connectivity index (χ1) is 10.0. The molecule has 2 N–H and O–H groups in total. The largest absolute Gasteiger partial charge is 0.366 e. The number of hydrogen-bond donors (Lipinski definition) is 1. The van der Waals surface area contributed by atoms with Gasteiger partial charge in [-0.2, -0.15) is 10.5 Å². The van der Waals surface area contributed by atoms with Crippen molar-refractivity contribution < 1.29 is 4.79 Å². The second kappa shape index (κ2) is 5.90. The van der Waals surface area contributed by atoms with Crippen LogP contribution in [0.1, 0.15) is 38.2 Å². The quantitative estimate of drug-likeness (QED) is 0.932. The van der Waals surface area contributed by atoms with Crippen LogP contribution in [0.4, 0.5) is 0 Å². The van der Waals surface area contributed by atoms with Crippen LogP contribution in [0.25, 0.3) is 0 Å². The van der Waals surface area contributed by atoms with Gasteiger partial charge < -0.3 is 5.73 Å². The molecule has 4 heteroatoms. The average Bonchev–Trinajstić information content (AvgIpc) is 2.46. The minimum Gasteiger partial charge on any atom is -0.366 e. The van der Waals surface area contributed by atoms with Crippen LogP contribution in [-0.2, 0) is 6.42 Å². The molecule has 102 valence electrons. The molecule has 0 aliphatic rings. The molecule has 21 heavy (non-hydrogen) atoms. The highest BCUT2D eigenvalue weighted by Crippen LogP contribution is 2.20. The van der Waals surface area contributed by atoms with Gasteiger partial charge in [-0.15, -0.1) is 0 Å². The molecule has 0 atom stereocenters. The lowest BCUT2D eigenvalue weighted by atomic mass is 9.94. The lowest BCUT2D eigenvalue weighted by molar-refractivity contribution is 0.0999. The van der Waals surface area contributed by atoms with Gasteiger partial charge in [0.1, 0.15) is 12.1 Å². The van der Waals surface area contributed by atoms with Gasteiger partial charge in [-0.3, -0.25) is 4.79 Å². The maximum Gasteiger partial charge on any atom is 0.249 e. The number of rotatable bonds is 3. The lowest BCUT2D eigenvalue weighted by Gasteiger charge is -2.09. The van der Waals surface area contributed by atoms with E-state index >= 15 is 0 Å². The number of carbonyl (C=O) groups excluding carboxylic acids is 1. The van der Waals surface area contributed by atoms with Crippen LogP contribution in [0.3, 0.4) is 0 Å². The fourth-order valence-corrected chi connectivity index (χ4v) is 2.25. The van der Waals surface area contributed by atoms with Crippen LogP contribution in [0.2, 0.25) is 0 Å². The van der Waals surface area contributed by atoms with E-state index in [-0.39, 0.29) is 16.7 Å². The molecule has 0 saturated carbocycles. The smallest absolute Gasteiger partial charge is 0.249 e. The molecular weight excluding hydrogens is 262 g/mol. The van der Waals surface area contributed by atoms with Gasteiger partial charge in [-0.25, -0.2) is 0 Å². The Bertz CT molecular complexity index is 795. The second-order valence-electron chi connectivity index (χ2n) is 4.81. The molecule has 2 aromatic rings. The number of nitrogens with zero attached hydrogens (tertiary/aromatic N) is 2. The van der Waals surface area contributed by atoms with Crippen LogP contribution in [0.5, 0.6) is 0 Å². The van der Waals surface area contributed by atoms with Crippen LogP contribution in [-0.4, -0.2) is 5.91 Å². The van der Waals surface area contributed by atoms with Crippen LogP contribution in [0.15, 0.2) is 36.4 Å². The van der Waals surface area contributed by atoms with Crippen molar-refractivity contribution in [3.63, 3.8) is 0 Å². The first-order valence-electron chi connectivity index (χ1n) is 6.37. The molecule has 2 rings (SSSR count). The van der Waals surface area contributed by atoms with Gasteiger partial charge in [0.25, 0.3) is 0 Å². The highest BCUT2D eigenvalue weighted by atomic mass is 16.1. The molecule has 0 aliphatic heterocycles. The summed E-state index contributed by atoms with van der Waals surface area (Å²) in [7, 11) is 0. The van der Waals surface area contributed by atoms with E-state index in [1.807, 2.05) is 43.3 Å². The molecule has 0 unspecified atom stereocenters. The third-order valence-corrected chi connectivity index (χ3v) is 3.23. The molecule has 2 aromatic carbocycles. The normalized spacial score (nSPS) is 9.67. The van der Waals surface area contributed by atoms with E-state index in [4.69, 9.17) is 16.3 Å². The maximum absolute atomic E-state index is 11.6. The highest BCUT2D eigenvalue weighted by Gasteiger charge is 2.14. The van der Waals surface area contributed by atoms with Crippen molar-refractivity contribution in [1.82, 2.24) is 0 Å². The Hall–Kier alpha value is -3.11. The molecule has 0 bridgehead atoms. The van der Waals surface area contributed by atoms with E-state index in [9.17, 15) is 4.79 Å². The maximum atomic E-state index is 11.6. The molecular formula is C17H13N3O. The first-order valence-corrected chi connectivity index (χ1v) is 6.37. The number of primary amides is 1. The van der Waals surface area contributed by atoms with E-state index < -0.39 is 5.91 Å². The number of carbonyl (C=O) groups is 1. The summed E-state index contributed by atoms with van der Waals surface area (Å²) in [5, 5.41) is 18.1. The van der Waals surface area contributed by atoms with Crippen molar-refractivity contribution in [3.8, 4) is 12.1 Å². The van der Waals surface area contributed by atoms with Crippen molar-refractivity contribution >= 4 is 5.91 Å². The van der Waals surface area contributed by atoms with Crippen molar-refractivity contribution in [3.05, 3.63) is 69.8 Å². The highest BCUT2D eigenvalue weighted by molar-refractivity contribution is 5.95. The average molecular weight is 275 g/mol. The van der Waals surface area contributed by atoms with Gasteiger partial charge in [0.05, 0.1) is 11.1 Å². The van der Waals surface area contributed by atoms with Gasteiger partial charge in [0, 0.05) is 5.56 Å². The fourth-order valence-electron chi connectivity index (χ4n) is 2.25. The minimum absolute atomic E-state index is 0.166. The van der Waals surface area contributed by atoms with E-state index in [0.717, 1.165) is 11.1 Å². The third-order valence-electron chi connectivity index (χ3n) is 3.23. The number of amides is 1. The topological polar surface area (TPSA) is 90.7 Å². The number of nitriles is 2. The molecule has 0 aromatic heterocycles. The summed E-state index contributed by atoms with van der Waals surface area (Å²) in [6.07, 6.45) is 0.486. The van der Waals surface area contributed by atoms with Gasteiger partial charge in [-0.1, -0.05) is 29.8 Å². The van der Waals surface area contributed by atoms with Crippen molar-refractivity contribution in [2.45, 2.75) is 13.3 Å². The zero-order valence-electron chi connectivity index (χ0n) is 11.6. The number of nitrogens with two attached hydrogens (primary N) is 1. The minimum atomic E-state index is -0.598. The Kier molecular flexibility index (Phi) is 4.02. The summed E-state index contributed by atoms with van der Waals surface area (Å²) in [6.45, 7) is 1.98. The molecule has 4 nitrogen and oxygen atoms in total. The van der Waals surface area contributed by atoms with E-state index in [1.54, 1.807) is 6.07 Å². The van der Waals surface area contributed by atoms with E-state index in [2.05, 4.69) is 0 Å². The fraction of sp³-hybridized carbons (Fsp3) is 0.118. The zero-order valence-corrected chi connectivity index (χ0v) is 11.6. The van der Waals surface area contributed by atoms with Gasteiger partial charge in [0.2, 0.25) is 5.91 Å². The number of benzene rings is 2. The molecule has 0 radical (unpaired) electrons. The number of hydrogen-bond acceptors (Lipinski definition) is 3. The summed E-state index contributed by atoms with van der Waals surface area (Å²) in [6, 6.07) is 14.7. The summed E-state index contributed by atoms with van der Waals surface area (Å²) < 4.78 is 0. The van der Waals surface area contributed by atoms with Crippen molar-refractivity contribution in [2.75, 3.05) is 0 Å². The Morgan fingerprint density at radius 2 is 1.81 bits per heavy atom. The Labute approximate surface area is 123 Å². The standard InChI is InChI=1S/C17H13N3O/c1-11-3-2-4-12(5-11)6-13-7-14(9-18)15(10-19)8-16(13)17(20)21/h2-5,7-8H,6H2,1H3,(H2,20,21). The molecule has 0 spiro atoms. The predicted octanol–water partition coefficient (Wildman–Crippen LogP) is 2.43. The summed E-state index contributed by atoms with van der Waals surface area (Å²) in [4.78, 5) is 11.6. The Balaban J connectivity index is 2.54. The van der Waals surface area contributed by atoms with Gasteiger partial charge >= 0.3 is 0 Å². The van der Waals surface area contributed by atoms with Gasteiger partial charge in [-0.05, 0) is 36.6 Å². The number of aryl methyl sites for hydroxylation is 1. The second-order valence-corrected chi connectivity index (χ2v) is 4.81. The third kappa shape index (κ3) is 3.08. The SMILES string of the molecule is Cc1cccc(Cc2cc(C#N)c(C#N)cc2C(N)=O)c1.